The van der Waals surface area contributed by atoms with Crippen LogP contribution in [0.5, 0.6) is 0 Å². The Kier molecular flexibility index (Phi) is 3.63. The van der Waals surface area contributed by atoms with Crippen molar-refractivity contribution in [2.45, 2.75) is 25.4 Å². The highest BCUT2D eigenvalue weighted by Crippen LogP contribution is 2.25. The highest BCUT2D eigenvalue weighted by molar-refractivity contribution is 5.39. The van der Waals surface area contributed by atoms with Gasteiger partial charge in [-0.3, -0.25) is 15.0 Å². The van der Waals surface area contributed by atoms with Gasteiger partial charge in [0.2, 0.25) is 0 Å². The van der Waals surface area contributed by atoms with E-state index in [1.54, 1.807) is 12.1 Å². The molecule has 1 fully saturated rings. The predicted octanol–water partition coefficient (Wildman–Crippen LogP) is 1.59. The summed E-state index contributed by atoms with van der Waals surface area (Å²) < 4.78 is 0. The van der Waals surface area contributed by atoms with Crippen molar-refractivity contribution in [2.75, 3.05) is 19.6 Å². The fraction of sp³-hybridized carbons (Fsp3) is 0.538. The molecule has 1 aromatic rings. The minimum Gasteiger partial charge on any atom is -0.387 e. The first-order chi connectivity index (χ1) is 8.54. The smallest absolute Gasteiger partial charge is 0.272 e. The maximum absolute atomic E-state index is 10.9. The minimum atomic E-state index is -0.539. The molecule has 0 unspecified atom stereocenters. The van der Waals surface area contributed by atoms with Crippen LogP contribution in [0.2, 0.25) is 0 Å². The summed E-state index contributed by atoms with van der Waals surface area (Å²) in [7, 11) is 0. The average molecular weight is 250 g/mol. The third-order valence-corrected chi connectivity index (χ3v) is 3.58. The lowest BCUT2D eigenvalue weighted by atomic mass is 9.91. The molecule has 0 bridgehead atoms. The molecule has 0 amide bonds. The third kappa shape index (κ3) is 2.68. The SMILES string of the molecule is CCC1(O)CN(CCc2ccccc2[N+](=O)[O-])C1. The lowest BCUT2D eigenvalue weighted by Gasteiger charge is -2.46. The van der Waals surface area contributed by atoms with E-state index in [4.69, 9.17) is 0 Å². The Bertz CT molecular complexity index is 442. The van der Waals surface area contributed by atoms with Crippen molar-refractivity contribution in [3.05, 3.63) is 39.9 Å². The number of benzene rings is 1. The lowest BCUT2D eigenvalue weighted by molar-refractivity contribution is -0.385. The molecule has 98 valence electrons. The Morgan fingerprint density at radius 3 is 2.72 bits per heavy atom. The zero-order valence-electron chi connectivity index (χ0n) is 10.5. The van der Waals surface area contributed by atoms with Crippen molar-refractivity contribution < 1.29 is 10.0 Å². The maximum Gasteiger partial charge on any atom is 0.272 e. The van der Waals surface area contributed by atoms with Crippen LogP contribution in [0.1, 0.15) is 18.9 Å². The van der Waals surface area contributed by atoms with E-state index in [-0.39, 0.29) is 10.6 Å². The number of rotatable bonds is 5. The fourth-order valence-corrected chi connectivity index (χ4v) is 2.35. The normalized spacial score (nSPS) is 18.3. The van der Waals surface area contributed by atoms with Crippen LogP contribution in [0.15, 0.2) is 24.3 Å². The number of likely N-dealkylation sites (tertiary alicyclic amines) is 1. The largest absolute Gasteiger partial charge is 0.387 e. The first-order valence-corrected chi connectivity index (χ1v) is 6.21. The van der Waals surface area contributed by atoms with E-state index in [0.717, 1.165) is 18.5 Å². The molecule has 1 N–H and O–H groups in total. The van der Waals surface area contributed by atoms with Gasteiger partial charge in [-0.05, 0) is 12.8 Å². The van der Waals surface area contributed by atoms with Crippen LogP contribution in [-0.2, 0) is 6.42 Å². The number of nitro benzene ring substituents is 1. The monoisotopic (exact) mass is 250 g/mol. The molecule has 0 spiro atoms. The Balaban J connectivity index is 1.90. The summed E-state index contributed by atoms with van der Waals surface area (Å²) in [6.45, 7) is 4.07. The second kappa shape index (κ2) is 5.04. The topological polar surface area (TPSA) is 66.6 Å². The standard InChI is InChI=1S/C13H18N2O3/c1-2-13(16)9-14(10-13)8-7-11-5-3-4-6-12(11)15(17)18/h3-6,16H,2,7-10H2,1H3. The van der Waals surface area contributed by atoms with Crippen molar-refractivity contribution in [2.24, 2.45) is 0 Å². The van der Waals surface area contributed by atoms with Crippen LogP contribution in [0, 0.1) is 10.1 Å². The summed E-state index contributed by atoms with van der Waals surface area (Å²) in [5.74, 6) is 0. The molecule has 5 heteroatoms. The highest BCUT2D eigenvalue weighted by atomic mass is 16.6. The Labute approximate surface area is 106 Å². The molecule has 0 aromatic heterocycles. The van der Waals surface area contributed by atoms with E-state index in [2.05, 4.69) is 4.90 Å². The zero-order valence-corrected chi connectivity index (χ0v) is 10.5. The van der Waals surface area contributed by atoms with Gasteiger partial charge in [0.15, 0.2) is 0 Å². The number of β-amino-alcohol motifs (C(OH)–C–C–N with tert-alkyl or cyclic N) is 1. The summed E-state index contributed by atoms with van der Waals surface area (Å²) in [5, 5.41) is 20.7. The van der Waals surface area contributed by atoms with Gasteiger partial charge in [0.1, 0.15) is 0 Å². The molecule has 5 nitrogen and oxygen atoms in total. The third-order valence-electron chi connectivity index (χ3n) is 3.58. The lowest BCUT2D eigenvalue weighted by Crippen LogP contribution is -2.61. The van der Waals surface area contributed by atoms with Crippen molar-refractivity contribution in [3.8, 4) is 0 Å². The van der Waals surface area contributed by atoms with Gasteiger partial charge in [0, 0.05) is 31.3 Å². The number of para-hydroxylation sites is 1. The molecule has 1 aromatic carbocycles. The van der Waals surface area contributed by atoms with Gasteiger partial charge < -0.3 is 5.11 Å². The van der Waals surface area contributed by atoms with Crippen LogP contribution in [0.3, 0.4) is 0 Å². The molecule has 0 saturated carbocycles. The minimum absolute atomic E-state index is 0.184. The first-order valence-electron chi connectivity index (χ1n) is 6.21. The van der Waals surface area contributed by atoms with Crippen LogP contribution in [0.4, 0.5) is 5.69 Å². The van der Waals surface area contributed by atoms with E-state index < -0.39 is 5.60 Å². The number of nitrogens with zero attached hydrogens (tertiary/aromatic N) is 2. The molecule has 1 aliphatic heterocycles. The van der Waals surface area contributed by atoms with E-state index in [1.165, 1.54) is 6.07 Å². The van der Waals surface area contributed by atoms with Crippen LogP contribution in [0.25, 0.3) is 0 Å². The summed E-state index contributed by atoms with van der Waals surface area (Å²) in [5.41, 5.74) is 0.404. The van der Waals surface area contributed by atoms with Crippen molar-refractivity contribution >= 4 is 5.69 Å². The Morgan fingerprint density at radius 1 is 1.44 bits per heavy atom. The second-order valence-corrected chi connectivity index (χ2v) is 4.92. The molecule has 0 atom stereocenters. The summed E-state index contributed by atoms with van der Waals surface area (Å²) in [4.78, 5) is 12.6. The average Bonchev–Trinajstić information content (AvgIpc) is 2.33. The summed E-state index contributed by atoms with van der Waals surface area (Å²) in [6, 6.07) is 6.83. The number of hydrogen-bond acceptors (Lipinski definition) is 4. The highest BCUT2D eigenvalue weighted by Gasteiger charge is 2.38. The number of aliphatic hydroxyl groups is 1. The second-order valence-electron chi connectivity index (χ2n) is 4.92. The van der Waals surface area contributed by atoms with E-state index in [9.17, 15) is 15.2 Å². The van der Waals surface area contributed by atoms with Crippen LogP contribution >= 0.6 is 0 Å². The van der Waals surface area contributed by atoms with Gasteiger partial charge in [0.05, 0.1) is 10.5 Å². The molecule has 2 rings (SSSR count). The molecular formula is C13H18N2O3. The van der Waals surface area contributed by atoms with Gasteiger partial charge in [-0.2, -0.15) is 0 Å². The maximum atomic E-state index is 10.9. The zero-order chi connectivity index (χ0) is 13.2. The van der Waals surface area contributed by atoms with Crippen molar-refractivity contribution in [3.63, 3.8) is 0 Å². The van der Waals surface area contributed by atoms with Gasteiger partial charge in [-0.1, -0.05) is 25.1 Å². The van der Waals surface area contributed by atoms with Crippen LogP contribution < -0.4 is 0 Å². The van der Waals surface area contributed by atoms with E-state index >= 15 is 0 Å². The Morgan fingerprint density at radius 2 is 2.11 bits per heavy atom. The van der Waals surface area contributed by atoms with Gasteiger partial charge >= 0.3 is 0 Å². The Hall–Kier alpha value is -1.46. The van der Waals surface area contributed by atoms with Gasteiger partial charge in [-0.15, -0.1) is 0 Å². The van der Waals surface area contributed by atoms with Crippen LogP contribution in [-0.4, -0.2) is 40.2 Å². The molecule has 1 aliphatic rings. The van der Waals surface area contributed by atoms with Gasteiger partial charge in [0.25, 0.3) is 5.69 Å². The molecule has 1 heterocycles. The molecular weight excluding hydrogens is 232 g/mol. The molecule has 0 radical (unpaired) electrons. The quantitative estimate of drug-likeness (QED) is 0.636. The number of nitro groups is 1. The first kappa shape index (κ1) is 13.0. The van der Waals surface area contributed by atoms with Crippen molar-refractivity contribution in [1.29, 1.82) is 0 Å². The van der Waals surface area contributed by atoms with E-state index in [0.29, 0.717) is 19.5 Å². The van der Waals surface area contributed by atoms with Crippen molar-refractivity contribution in [1.82, 2.24) is 4.90 Å². The summed E-state index contributed by atoms with van der Waals surface area (Å²) >= 11 is 0. The molecule has 0 aliphatic carbocycles. The fourth-order valence-electron chi connectivity index (χ4n) is 2.35. The molecule has 18 heavy (non-hydrogen) atoms. The number of hydrogen-bond donors (Lipinski definition) is 1. The van der Waals surface area contributed by atoms with Gasteiger partial charge in [-0.25, -0.2) is 0 Å². The predicted molar refractivity (Wildman–Crippen MR) is 68.5 cm³/mol. The van der Waals surface area contributed by atoms with E-state index in [1.807, 2.05) is 13.0 Å². The molecule has 1 saturated heterocycles. The summed E-state index contributed by atoms with van der Waals surface area (Å²) in [6.07, 6.45) is 1.41.